The van der Waals surface area contributed by atoms with Crippen LogP contribution in [0.4, 0.5) is 0 Å². The van der Waals surface area contributed by atoms with Gasteiger partial charge in [-0.05, 0) is 18.1 Å². The van der Waals surface area contributed by atoms with Crippen LogP contribution in [0, 0.1) is 0 Å². The molecular formula is C10H10O2. The minimum Gasteiger partial charge on any atom is -0.436 e. The Kier molecular flexibility index (Phi) is 3.08. The van der Waals surface area contributed by atoms with Gasteiger partial charge in [-0.25, -0.2) is 0 Å². The SMILES string of the molecule is CC(=COC=O)c1ccccc1. The van der Waals surface area contributed by atoms with Gasteiger partial charge >= 0.3 is 0 Å². The number of carbonyl (C=O) groups excluding carboxylic acids is 1. The van der Waals surface area contributed by atoms with Crippen LogP contribution in [0.2, 0.25) is 0 Å². The fraction of sp³-hybridized carbons (Fsp3) is 0.100. The van der Waals surface area contributed by atoms with Crippen molar-refractivity contribution >= 4 is 12.0 Å². The van der Waals surface area contributed by atoms with Gasteiger partial charge in [0.15, 0.2) is 0 Å². The molecule has 12 heavy (non-hydrogen) atoms. The molecule has 62 valence electrons. The number of benzene rings is 1. The molecule has 1 aromatic rings. The van der Waals surface area contributed by atoms with E-state index < -0.39 is 0 Å². The van der Waals surface area contributed by atoms with Crippen molar-refractivity contribution in [2.45, 2.75) is 6.92 Å². The fourth-order valence-corrected chi connectivity index (χ4v) is 0.899. The predicted molar refractivity (Wildman–Crippen MR) is 47.2 cm³/mol. The van der Waals surface area contributed by atoms with Crippen molar-refractivity contribution in [3.8, 4) is 0 Å². The first-order valence-corrected chi connectivity index (χ1v) is 3.66. The van der Waals surface area contributed by atoms with E-state index in [2.05, 4.69) is 4.74 Å². The molecule has 0 unspecified atom stereocenters. The lowest BCUT2D eigenvalue weighted by Crippen LogP contribution is -1.80. The van der Waals surface area contributed by atoms with Crippen LogP contribution in [0.25, 0.3) is 5.57 Å². The number of carbonyl (C=O) groups is 1. The van der Waals surface area contributed by atoms with Gasteiger partial charge in [-0.15, -0.1) is 0 Å². The summed E-state index contributed by atoms with van der Waals surface area (Å²) in [5.74, 6) is 0. The van der Waals surface area contributed by atoms with Gasteiger partial charge < -0.3 is 4.74 Å². The van der Waals surface area contributed by atoms with Crippen LogP contribution in [0.1, 0.15) is 12.5 Å². The number of hydrogen-bond acceptors (Lipinski definition) is 2. The van der Waals surface area contributed by atoms with E-state index in [4.69, 9.17) is 0 Å². The summed E-state index contributed by atoms with van der Waals surface area (Å²) < 4.78 is 4.51. The summed E-state index contributed by atoms with van der Waals surface area (Å²) in [7, 11) is 0. The first-order valence-electron chi connectivity index (χ1n) is 3.66. The third kappa shape index (κ3) is 2.23. The normalized spacial score (nSPS) is 10.9. The van der Waals surface area contributed by atoms with Crippen molar-refractivity contribution in [3.63, 3.8) is 0 Å². The molecule has 1 aromatic carbocycles. The topological polar surface area (TPSA) is 26.3 Å². The lowest BCUT2D eigenvalue weighted by Gasteiger charge is -1.98. The molecule has 0 aliphatic carbocycles. The third-order valence-corrected chi connectivity index (χ3v) is 1.53. The Hall–Kier alpha value is -1.57. The second-order valence-electron chi connectivity index (χ2n) is 2.40. The van der Waals surface area contributed by atoms with Crippen LogP contribution >= 0.6 is 0 Å². The molecule has 0 aromatic heterocycles. The van der Waals surface area contributed by atoms with E-state index in [9.17, 15) is 4.79 Å². The minimum absolute atomic E-state index is 0.409. The summed E-state index contributed by atoms with van der Waals surface area (Å²) in [4.78, 5) is 9.87. The number of rotatable bonds is 3. The predicted octanol–water partition coefficient (Wildman–Crippen LogP) is 2.22. The van der Waals surface area contributed by atoms with E-state index in [1.165, 1.54) is 6.26 Å². The van der Waals surface area contributed by atoms with Crippen molar-refractivity contribution in [3.05, 3.63) is 42.2 Å². The molecule has 1 rings (SSSR count). The van der Waals surface area contributed by atoms with Crippen LogP contribution in [-0.4, -0.2) is 6.47 Å². The maximum absolute atomic E-state index is 9.87. The lowest BCUT2D eigenvalue weighted by atomic mass is 10.1. The van der Waals surface area contributed by atoms with Gasteiger partial charge in [-0.1, -0.05) is 30.3 Å². The molecule has 0 atom stereocenters. The third-order valence-electron chi connectivity index (χ3n) is 1.53. The summed E-state index contributed by atoms with van der Waals surface area (Å²) >= 11 is 0. The summed E-state index contributed by atoms with van der Waals surface area (Å²) in [6.07, 6.45) is 1.43. The van der Waals surface area contributed by atoms with E-state index in [0.717, 1.165) is 11.1 Å². The van der Waals surface area contributed by atoms with Gasteiger partial charge in [0, 0.05) is 0 Å². The Labute approximate surface area is 71.5 Å². The van der Waals surface area contributed by atoms with Crippen molar-refractivity contribution in [1.82, 2.24) is 0 Å². The summed E-state index contributed by atoms with van der Waals surface area (Å²) in [5, 5.41) is 0. The van der Waals surface area contributed by atoms with Crippen LogP contribution < -0.4 is 0 Å². The quantitative estimate of drug-likeness (QED) is 0.503. The van der Waals surface area contributed by atoms with Crippen LogP contribution in [-0.2, 0) is 9.53 Å². The molecule has 2 heteroatoms. The largest absolute Gasteiger partial charge is 0.436 e. The molecule has 0 N–H and O–H groups in total. The number of hydrogen-bond donors (Lipinski definition) is 0. The fourth-order valence-electron chi connectivity index (χ4n) is 0.899. The van der Waals surface area contributed by atoms with Gasteiger partial charge in [0.05, 0.1) is 6.26 Å². The summed E-state index contributed by atoms with van der Waals surface area (Å²) in [6, 6.07) is 9.73. The molecule has 0 amide bonds. The van der Waals surface area contributed by atoms with Crippen molar-refractivity contribution in [2.24, 2.45) is 0 Å². The second-order valence-corrected chi connectivity index (χ2v) is 2.40. The number of allylic oxidation sites excluding steroid dienone is 1. The average Bonchev–Trinajstić information content (AvgIpc) is 2.15. The zero-order chi connectivity index (χ0) is 8.81. The van der Waals surface area contributed by atoms with Gasteiger partial charge in [-0.3, -0.25) is 4.79 Å². The van der Waals surface area contributed by atoms with Gasteiger partial charge in [0.2, 0.25) is 0 Å². The highest BCUT2D eigenvalue weighted by atomic mass is 16.5. The summed E-state index contributed by atoms with van der Waals surface area (Å²) in [6.45, 7) is 2.30. The molecule has 0 spiro atoms. The van der Waals surface area contributed by atoms with E-state index in [-0.39, 0.29) is 0 Å². The minimum atomic E-state index is 0.409. The van der Waals surface area contributed by atoms with E-state index in [0.29, 0.717) is 6.47 Å². The van der Waals surface area contributed by atoms with Crippen LogP contribution in [0.15, 0.2) is 36.6 Å². The standard InChI is InChI=1S/C10H10O2/c1-9(7-12-8-11)10-5-3-2-4-6-10/h2-8H,1H3. The lowest BCUT2D eigenvalue weighted by molar-refractivity contribution is -0.123. The molecule has 0 saturated heterocycles. The molecule has 0 bridgehead atoms. The summed E-state index contributed by atoms with van der Waals surface area (Å²) in [5.41, 5.74) is 1.99. The zero-order valence-electron chi connectivity index (χ0n) is 6.86. The number of ether oxygens (including phenoxy) is 1. The van der Waals surface area contributed by atoms with Crippen LogP contribution in [0.5, 0.6) is 0 Å². The maximum atomic E-state index is 9.87. The molecule has 0 radical (unpaired) electrons. The Morgan fingerprint density at radius 1 is 1.33 bits per heavy atom. The maximum Gasteiger partial charge on any atom is 0.297 e. The van der Waals surface area contributed by atoms with E-state index >= 15 is 0 Å². The molecule has 0 heterocycles. The Bertz CT molecular complexity index is 275. The second kappa shape index (κ2) is 4.34. The van der Waals surface area contributed by atoms with Gasteiger partial charge in [0.1, 0.15) is 0 Å². The molecule has 0 aliphatic heterocycles. The Balaban J connectivity index is 2.77. The van der Waals surface area contributed by atoms with E-state index in [1.54, 1.807) is 0 Å². The zero-order valence-corrected chi connectivity index (χ0v) is 6.86. The Morgan fingerprint density at radius 3 is 2.58 bits per heavy atom. The smallest absolute Gasteiger partial charge is 0.297 e. The average molecular weight is 162 g/mol. The molecule has 0 fully saturated rings. The highest BCUT2D eigenvalue weighted by Crippen LogP contribution is 2.11. The van der Waals surface area contributed by atoms with E-state index in [1.807, 2.05) is 37.3 Å². The van der Waals surface area contributed by atoms with Crippen molar-refractivity contribution < 1.29 is 9.53 Å². The van der Waals surface area contributed by atoms with Gasteiger partial charge in [-0.2, -0.15) is 0 Å². The monoisotopic (exact) mass is 162 g/mol. The highest BCUT2D eigenvalue weighted by Gasteiger charge is 1.92. The molecule has 2 nitrogen and oxygen atoms in total. The van der Waals surface area contributed by atoms with Crippen molar-refractivity contribution in [2.75, 3.05) is 0 Å². The molecule has 0 aliphatic rings. The van der Waals surface area contributed by atoms with Crippen molar-refractivity contribution in [1.29, 1.82) is 0 Å². The highest BCUT2D eigenvalue weighted by molar-refractivity contribution is 5.63. The molecule has 0 saturated carbocycles. The first-order chi connectivity index (χ1) is 5.84. The van der Waals surface area contributed by atoms with Crippen LogP contribution in [0.3, 0.4) is 0 Å². The Morgan fingerprint density at radius 2 is 2.00 bits per heavy atom. The van der Waals surface area contributed by atoms with Gasteiger partial charge in [0.25, 0.3) is 6.47 Å². The molecular weight excluding hydrogens is 152 g/mol. The first kappa shape index (κ1) is 8.53.